The maximum absolute atomic E-state index is 11.7. The van der Waals surface area contributed by atoms with Gasteiger partial charge in [-0.15, -0.1) is 0 Å². The normalized spacial score (nSPS) is 11.4. The van der Waals surface area contributed by atoms with Crippen LogP contribution in [0.5, 0.6) is 0 Å². The average molecular weight is 341 g/mol. The van der Waals surface area contributed by atoms with E-state index in [4.69, 9.17) is 0 Å². The molecule has 7 nitrogen and oxygen atoms in total. The van der Waals surface area contributed by atoms with Crippen LogP contribution < -0.4 is 10.0 Å². The van der Waals surface area contributed by atoms with Crippen LogP contribution in [0.25, 0.3) is 0 Å². The smallest absolute Gasteiger partial charge is 0.231 e. The second-order valence-electron chi connectivity index (χ2n) is 5.44. The fourth-order valence-corrected chi connectivity index (χ4v) is 2.93. The topological polar surface area (TPSA) is 95.6 Å². The third-order valence-corrected chi connectivity index (χ3v) is 4.22. The minimum absolute atomic E-state index is 0.268. The van der Waals surface area contributed by atoms with Gasteiger partial charge in [0.2, 0.25) is 15.9 Å². The second kappa shape index (κ2) is 9.39. The van der Waals surface area contributed by atoms with Crippen LogP contribution in [0.15, 0.2) is 30.3 Å². The van der Waals surface area contributed by atoms with Crippen molar-refractivity contribution in [2.45, 2.75) is 12.8 Å². The molecule has 0 aliphatic heterocycles. The zero-order chi connectivity index (χ0) is 17.3. The van der Waals surface area contributed by atoms with Crippen molar-refractivity contribution in [2.75, 3.05) is 38.3 Å². The summed E-state index contributed by atoms with van der Waals surface area (Å²) in [7, 11) is 0.0892. The number of benzene rings is 1. The van der Waals surface area contributed by atoms with Crippen LogP contribution >= 0.6 is 0 Å². The number of hydrogen-bond donors (Lipinski definition) is 2. The SMILES string of the molecule is CN(C)CCCNS(=O)(=O)CC(=O)CC(=O)Nc1ccccc1. The van der Waals surface area contributed by atoms with E-state index in [0.29, 0.717) is 12.1 Å². The number of hydrogen-bond acceptors (Lipinski definition) is 5. The quantitative estimate of drug-likeness (QED) is 0.476. The first kappa shape index (κ1) is 19.3. The molecule has 0 saturated carbocycles. The number of amides is 1. The van der Waals surface area contributed by atoms with Crippen molar-refractivity contribution < 1.29 is 18.0 Å². The highest BCUT2D eigenvalue weighted by atomic mass is 32.2. The van der Waals surface area contributed by atoms with Crippen LogP contribution in [0.4, 0.5) is 5.69 Å². The standard InChI is InChI=1S/C15H23N3O4S/c1-18(2)10-6-9-16-23(21,22)12-14(19)11-15(20)17-13-7-4-3-5-8-13/h3-5,7-8,16H,6,9-12H2,1-2H3,(H,17,20). The highest BCUT2D eigenvalue weighted by Gasteiger charge is 2.18. The van der Waals surface area contributed by atoms with Crippen LogP contribution in [0, 0.1) is 0 Å². The molecule has 1 aromatic rings. The van der Waals surface area contributed by atoms with E-state index in [1.807, 2.05) is 19.0 Å². The Labute approximate surface area is 137 Å². The first-order valence-electron chi connectivity index (χ1n) is 7.27. The highest BCUT2D eigenvalue weighted by Crippen LogP contribution is 2.05. The predicted molar refractivity (Wildman–Crippen MR) is 89.7 cm³/mol. The molecule has 23 heavy (non-hydrogen) atoms. The Kier molecular flexibility index (Phi) is 7.87. The third kappa shape index (κ3) is 9.07. The van der Waals surface area contributed by atoms with E-state index in [9.17, 15) is 18.0 Å². The zero-order valence-corrected chi connectivity index (χ0v) is 14.2. The molecule has 8 heteroatoms. The molecule has 1 aromatic carbocycles. The Bertz CT molecular complexity index is 615. The fourth-order valence-electron chi connectivity index (χ4n) is 1.84. The lowest BCUT2D eigenvalue weighted by molar-refractivity contribution is -0.124. The Morgan fingerprint density at radius 3 is 2.39 bits per heavy atom. The van der Waals surface area contributed by atoms with Crippen molar-refractivity contribution in [3.63, 3.8) is 0 Å². The molecule has 0 atom stereocenters. The Morgan fingerprint density at radius 1 is 1.13 bits per heavy atom. The lowest BCUT2D eigenvalue weighted by Gasteiger charge is -2.10. The molecule has 0 saturated heterocycles. The number of para-hydroxylation sites is 1. The van der Waals surface area contributed by atoms with Gasteiger partial charge in [0.1, 0.15) is 5.75 Å². The van der Waals surface area contributed by atoms with Crippen molar-refractivity contribution in [2.24, 2.45) is 0 Å². The first-order valence-corrected chi connectivity index (χ1v) is 8.92. The lowest BCUT2D eigenvalue weighted by Crippen LogP contribution is -2.33. The van der Waals surface area contributed by atoms with Crippen LogP contribution in [0.2, 0.25) is 0 Å². The monoisotopic (exact) mass is 341 g/mol. The number of sulfonamides is 1. The second-order valence-corrected chi connectivity index (χ2v) is 7.25. The number of nitrogens with one attached hydrogen (secondary N) is 2. The first-order chi connectivity index (χ1) is 10.8. The number of Topliss-reactive ketones (excluding diaryl/α,β-unsaturated/α-hetero) is 1. The maximum Gasteiger partial charge on any atom is 0.231 e. The summed E-state index contributed by atoms with van der Waals surface area (Å²) in [5, 5.41) is 2.54. The third-order valence-electron chi connectivity index (χ3n) is 2.87. The Hall–Kier alpha value is -1.77. The summed E-state index contributed by atoms with van der Waals surface area (Å²) in [5.41, 5.74) is 0.565. The van der Waals surface area contributed by atoms with E-state index in [1.165, 1.54) is 0 Å². The van der Waals surface area contributed by atoms with Crippen LogP contribution in [0.3, 0.4) is 0 Å². The van der Waals surface area contributed by atoms with Gasteiger partial charge in [0.05, 0.1) is 6.42 Å². The minimum Gasteiger partial charge on any atom is -0.326 e. The Balaban J connectivity index is 2.35. The zero-order valence-electron chi connectivity index (χ0n) is 13.4. The van der Waals surface area contributed by atoms with Gasteiger partial charge >= 0.3 is 0 Å². The summed E-state index contributed by atoms with van der Waals surface area (Å²) in [6, 6.07) is 8.67. The van der Waals surface area contributed by atoms with Gasteiger partial charge in [-0.2, -0.15) is 0 Å². The molecule has 0 heterocycles. The summed E-state index contributed by atoms with van der Waals surface area (Å²) in [6.45, 7) is 1.01. The van der Waals surface area contributed by atoms with Crippen molar-refractivity contribution in [3.8, 4) is 0 Å². The molecule has 0 aromatic heterocycles. The summed E-state index contributed by atoms with van der Waals surface area (Å²) >= 11 is 0. The van der Waals surface area contributed by atoms with E-state index >= 15 is 0 Å². The van der Waals surface area contributed by atoms with E-state index in [-0.39, 0.29) is 6.54 Å². The van der Waals surface area contributed by atoms with E-state index < -0.39 is 33.9 Å². The van der Waals surface area contributed by atoms with Crippen molar-refractivity contribution >= 4 is 27.4 Å². The molecule has 0 fully saturated rings. The van der Waals surface area contributed by atoms with Crippen LogP contribution in [0.1, 0.15) is 12.8 Å². The molecule has 1 amide bonds. The number of nitrogens with zero attached hydrogens (tertiary/aromatic N) is 1. The number of anilines is 1. The van der Waals surface area contributed by atoms with Gasteiger partial charge in [-0.05, 0) is 39.2 Å². The number of carbonyl (C=O) groups is 2. The average Bonchev–Trinajstić information content (AvgIpc) is 2.43. The summed E-state index contributed by atoms with van der Waals surface area (Å²) in [5.74, 6) is -1.85. The molecule has 1 rings (SSSR count). The van der Waals surface area contributed by atoms with Crippen molar-refractivity contribution in [1.82, 2.24) is 9.62 Å². The predicted octanol–water partition coefficient (Wildman–Crippen LogP) is 0.455. The number of carbonyl (C=O) groups excluding carboxylic acids is 2. The van der Waals surface area contributed by atoms with Gasteiger partial charge in [0.25, 0.3) is 0 Å². The summed E-state index contributed by atoms with van der Waals surface area (Å²) < 4.78 is 25.9. The van der Waals surface area contributed by atoms with Crippen molar-refractivity contribution in [3.05, 3.63) is 30.3 Å². The molecule has 0 bridgehead atoms. The number of rotatable bonds is 10. The minimum atomic E-state index is -3.70. The van der Waals surface area contributed by atoms with Gasteiger partial charge < -0.3 is 10.2 Å². The number of ketones is 1. The molecule has 128 valence electrons. The Morgan fingerprint density at radius 2 is 1.78 bits per heavy atom. The van der Waals surface area contributed by atoms with Gasteiger partial charge in [0.15, 0.2) is 5.78 Å². The molecule has 0 unspecified atom stereocenters. The largest absolute Gasteiger partial charge is 0.326 e. The van der Waals surface area contributed by atoms with E-state index in [1.54, 1.807) is 30.3 Å². The lowest BCUT2D eigenvalue weighted by atomic mass is 10.2. The molecule has 0 spiro atoms. The van der Waals surface area contributed by atoms with Gasteiger partial charge in [0, 0.05) is 12.2 Å². The van der Waals surface area contributed by atoms with Crippen LogP contribution in [-0.4, -0.2) is 57.9 Å². The maximum atomic E-state index is 11.7. The van der Waals surface area contributed by atoms with Gasteiger partial charge in [-0.3, -0.25) is 9.59 Å². The molecule has 0 aliphatic rings. The van der Waals surface area contributed by atoms with E-state index in [0.717, 1.165) is 6.54 Å². The molecule has 0 aliphatic carbocycles. The van der Waals surface area contributed by atoms with Crippen molar-refractivity contribution in [1.29, 1.82) is 0 Å². The van der Waals surface area contributed by atoms with Gasteiger partial charge in [-0.25, -0.2) is 13.1 Å². The molecule has 2 N–H and O–H groups in total. The van der Waals surface area contributed by atoms with E-state index in [2.05, 4.69) is 10.0 Å². The molecule has 0 radical (unpaired) electrons. The summed E-state index contributed by atoms with van der Waals surface area (Å²) in [6.07, 6.45) is 0.183. The van der Waals surface area contributed by atoms with Crippen LogP contribution in [-0.2, 0) is 19.6 Å². The fraction of sp³-hybridized carbons (Fsp3) is 0.467. The molecular formula is C15H23N3O4S. The highest BCUT2D eigenvalue weighted by molar-refractivity contribution is 7.90. The summed E-state index contributed by atoms with van der Waals surface area (Å²) in [4.78, 5) is 25.3. The molecular weight excluding hydrogens is 318 g/mol. The van der Waals surface area contributed by atoms with Gasteiger partial charge in [-0.1, -0.05) is 18.2 Å².